The van der Waals surface area contributed by atoms with Gasteiger partial charge in [-0.1, -0.05) is 72.3 Å². The van der Waals surface area contributed by atoms with Gasteiger partial charge in [0.1, 0.15) is 0 Å². The largest absolute Gasteiger partial charge is 0.399 e. The van der Waals surface area contributed by atoms with Crippen molar-refractivity contribution in [2.75, 3.05) is 0 Å². The molecular weight excluding hydrogens is 311 g/mol. The summed E-state index contributed by atoms with van der Waals surface area (Å²) in [5, 5.41) is 0. The fourth-order valence-electron chi connectivity index (χ4n) is 1.54. The predicted octanol–water partition coefficient (Wildman–Crippen LogP) is 5.11. The zero-order valence-corrected chi connectivity index (χ0v) is 13.3. The zero-order valence-electron chi connectivity index (χ0n) is 10.7. The predicted molar refractivity (Wildman–Crippen MR) is 86.6 cm³/mol. The Morgan fingerprint density at radius 2 is 1.25 bits per heavy atom. The van der Waals surface area contributed by atoms with E-state index < -0.39 is 6.80 Å². The van der Waals surface area contributed by atoms with Crippen molar-refractivity contribution in [2.24, 2.45) is 0 Å². The van der Waals surface area contributed by atoms with Crippen LogP contribution in [-0.4, -0.2) is 0 Å². The highest BCUT2D eigenvalue weighted by molar-refractivity contribution is 8.93. The van der Waals surface area contributed by atoms with Crippen LogP contribution in [0, 0.1) is 0 Å². The first-order valence-corrected chi connectivity index (χ1v) is 10.0. The molecule has 0 atom stereocenters. The Bertz CT molecular complexity index is 516. The molecule has 0 aliphatic rings. The van der Waals surface area contributed by atoms with Crippen LogP contribution in [0.5, 0.6) is 0 Å². The Morgan fingerprint density at radius 3 is 1.60 bits per heavy atom. The van der Waals surface area contributed by atoms with Gasteiger partial charge in [-0.3, -0.25) is 9.05 Å². The summed E-state index contributed by atoms with van der Waals surface area (Å²) in [4.78, 5) is 0. The molecule has 0 saturated carbocycles. The number of hydrogen-bond acceptors (Lipinski definition) is 5. The molecule has 0 aliphatic heterocycles. The number of hydrogen-bond donors (Lipinski definition) is 1. The molecule has 2 aromatic rings. The van der Waals surface area contributed by atoms with Crippen molar-refractivity contribution >= 4 is 28.9 Å². The number of rotatable bonds is 7. The van der Waals surface area contributed by atoms with E-state index in [-0.39, 0.29) is 13.2 Å². The van der Waals surface area contributed by atoms with Crippen LogP contribution in [0.1, 0.15) is 11.1 Å². The molecule has 0 heterocycles. The average Bonchev–Trinajstić information content (AvgIpc) is 2.53. The van der Waals surface area contributed by atoms with Gasteiger partial charge in [0.05, 0.1) is 13.2 Å². The minimum Gasteiger partial charge on any atom is -0.295 e. The topological polar surface area (TPSA) is 35.5 Å². The van der Waals surface area contributed by atoms with E-state index in [2.05, 4.69) is 11.7 Å². The molecule has 0 aliphatic carbocycles. The average molecular weight is 326 g/mol. The molecule has 6 heteroatoms. The third-order valence-corrected chi connectivity index (χ3v) is 6.69. The summed E-state index contributed by atoms with van der Waals surface area (Å²) in [5.41, 5.74) is 1.89. The second-order valence-corrected chi connectivity index (χ2v) is 8.92. The van der Waals surface area contributed by atoms with Gasteiger partial charge in [0, 0.05) is 10.4 Å². The second kappa shape index (κ2) is 7.91. The van der Waals surface area contributed by atoms with E-state index in [0.717, 1.165) is 21.5 Å². The molecule has 0 fully saturated rings. The van der Waals surface area contributed by atoms with E-state index in [0.29, 0.717) is 0 Å². The van der Waals surface area contributed by atoms with Crippen LogP contribution in [0.15, 0.2) is 60.7 Å². The Hall–Kier alpha value is -0.710. The van der Waals surface area contributed by atoms with Crippen LogP contribution in [0.4, 0.5) is 0 Å². The molecule has 0 bridgehead atoms. The fourth-order valence-corrected chi connectivity index (χ4v) is 3.77. The molecule has 0 saturated heterocycles. The maximum atomic E-state index is 12.4. The third-order valence-electron chi connectivity index (χ3n) is 2.56. The number of benzene rings is 2. The molecule has 3 nitrogen and oxygen atoms in total. The first-order chi connectivity index (χ1) is 9.72. The van der Waals surface area contributed by atoms with Gasteiger partial charge in [0.25, 0.3) is 0 Å². The minimum absolute atomic E-state index is 0.237. The monoisotopic (exact) mass is 326 g/mol. The molecule has 0 spiro atoms. The first-order valence-electron chi connectivity index (χ1n) is 6.02. The number of thiol groups is 1. The standard InChI is InChI=1S/C14H15O3PS2/c15-18(20-19,16-11-13-7-3-1-4-8-13)17-12-14-9-5-2-6-10-14/h1-10,19H,11-12H2. The molecule has 2 rings (SSSR count). The highest BCUT2D eigenvalue weighted by atomic mass is 33.3. The first kappa shape index (κ1) is 15.7. The van der Waals surface area contributed by atoms with Gasteiger partial charge in [-0.25, -0.2) is 4.57 Å². The van der Waals surface area contributed by atoms with Crippen molar-refractivity contribution in [3.8, 4) is 0 Å². The van der Waals surface area contributed by atoms with Crippen molar-refractivity contribution in [1.29, 1.82) is 0 Å². The van der Waals surface area contributed by atoms with E-state index in [4.69, 9.17) is 9.05 Å². The second-order valence-electron chi connectivity index (χ2n) is 4.05. The fraction of sp³-hybridized carbons (Fsp3) is 0.143. The SMILES string of the molecule is O=P(OCc1ccccc1)(OCc1ccccc1)SS. The normalized spacial score (nSPS) is 11.4. The van der Waals surface area contributed by atoms with E-state index in [1.807, 2.05) is 60.7 Å². The van der Waals surface area contributed by atoms with Crippen LogP contribution in [0.2, 0.25) is 0 Å². The highest BCUT2D eigenvalue weighted by Crippen LogP contribution is 2.63. The van der Waals surface area contributed by atoms with Gasteiger partial charge >= 0.3 is 6.80 Å². The van der Waals surface area contributed by atoms with E-state index in [1.54, 1.807) is 0 Å². The van der Waals surface area contributed by atoms with Crippen molar-refractivity contribution in [3.05, 3.63) is 71.8 Å². The molecule has 106 valence electrons. The summed E-state index contributed by atoms with van der Waals surface area (Å²) in [5.74, 6) is 0. The smallest absolute Gasteiger partial charge is 0.295 e. The maximum Gasteiger partial charge on any atom is 0.399 e. The summed E-state index contributed by atoms with van der Waals surface area (Å²) in [7, 11) is 0.816. The van der Waals surface area contributed by atoms with E-state index in [9.17, 15) is 4.57 Å². The lowest BCUT2D eigenvalue weighted by atomic mass is 10.2. The lowest BCUT2D eigenvalue weighted by Crippen LogP contribution is -1.94. The van der Waals surface area contributed by atoms with Gasteiger partial charge < -0.3 is 0 Å². The lowest BCUT2D eigenvalue weighted by Gasteiger charge is -2.15. The van der Waals surface area contributed by atoms with Gasteiger partial charge in [-0.15, -0.1) is 0 Å². The molecule has 0 aromatic heterocycles. The van der Waals surface area contributed by atoms with Crippen LogP contribution in [-0.2, 0) is 26.8 Å². The van der Waals surface area contributed by atoms with Gasteiger partial charge in [-0.2, -0.15) is 0 Å². The molecule has 0 unspecified atom stereocenters. The molecule has 0 amide bonds. The summed E-state index contributed by atoms with van der Waals surface area (Å²) in [6.45, 7) is -2.78. The Balaban J connectivity index is 1.90. The Kier molecular flexibility index (Phi) is 6.20. The van der Waals surface area contributed by atoms with Crippen molar-refractivity contribution in [2.45, 2.75) is 13.2 Å². The summed E-state index contributed by atoms with van der Waals surface area (Å²) < 4.78 is 23.2. The van der Waals surface area contributed by atoms with Crippen LogP contribution in [0.3, 0.4) is 0 Å². The minimum atomic E-state index is -3.25. The van der Waals surface area contributed by atoms with Crippen molar-refractivity contribution in [1.82, 2.24) is 0 Å². The Morgan fingerprint density at radius 1 is 0.850 bits per heavy atom. The zero-order chi connectivity index (χ0) is 14.3. The van der Waals surface area contributed by atoms with Crippen LogP contribution in [0.25, 0.3) is 0 Å². The van der Waals surface area contributed by atoms with Gasteiger partial charge in [0.15, 0.2) is 0 Å². The highest BCUT2D eigenvalue weighted by Gasteiger charge is 2.24. The molecule has 20 heavy (non-hydrogen) atoms. The molecular formula is C14H15O3PS2. The van der Waals surface area contributed by atoms with E-state index >= 15 is 0 Å². The summed E-state index contributed by atoms with van der Waals surface area (Å²) in [6, 6.07) is 19.1. The van der Waals surface area contributed by atoms with Crippen LogP contribution >= 0.6 is 28.9 Å². The summed E-state index contributed by atoms with van der Waals surface area (Å²) >= 11 is 4.00. The molecule has 0 radical (unpaired) electrons. The molecule has 0 N–H and O–H groups in total. The third kappa shape index (κ3) is 5.00. The Labute approximate surface area is 127 Å². The van der Waals surface area contributed by atoms with Crippen LogP contribution < -0.4 is 0 Å². The van der Waals surface area contributed by atoms with Gasteiger partial charge in [0.2, 0.25) is 0 Å². The summed E-state index contributed by atoms with van der Waals surface area (Å²) in [6.07, 6.45) is 0. The van der Waals surface area contributed by atoms with E-state index in [1.165, 1.54) is 0 Å². The van der Waals surface area contributed by atoms with Crippen molar-refractivity contribution < 1.29 is 13.6 Å². The lowest BCUT2D eigenvalue weighted by molar-refractivity contribution is 0.207. The quantitative estimate of drug-likeness (QED) is 0.436. The molecule has 2 aromatic carbocycles. The van der Waals surface area contributed by atoms with Gasteiger partial charge in [-0.05, 0) is 11.1 Å². The maximum absolute atomic E-state index is 12.4. The van der Waals surface area contributed by atoms with Crippen molar-refractivity contribution in [3.63, 3.8) is 0 Å².